The van der Waals surface area contributed by atoms with Crippen LogP contribution in [0.1, 0.15) is 38.3 Å². The Bertz CT molecular complexity index is 429. The fourth-order valence-corrected chi connectivity index (χ4v) is 2.89. The minimum absolute atomic E-state index is 0.0315. The summed E-state index contributed by atoms with van der Waals surface area (Å²) in [6, 6.07) is 4.85. The SMILES string of the molecule is COC1(C)CCCN(C(C)c2c(O)cccc2O)C1. The Balaban J connectivity index is 2.22. The molecule has 2 N–H and O–H groups in total. The van der Waals surface area contributed by atoms with Crippen LogP contribution in [-0.4, -0.2) is 40.9 Å². The second kappa shape index (κ2) is 5.39. The van der Waals surface area contributed by atoms with E-state index in [0.717, 1.165) is 25.9 Å². The molecule has 1 saturated heterocycles. The molecule has 1 aliphatic rings. The van der Waals surface area contributed by atoms with Gasteiger partial charge in [-0.2, -0.15) is 0 Å². The highest BCUT2D eigenvalue weighted by Gasteiger charge is 2.34. The second-order valence-corrected chi connectivity index (χ2v) is 5.61. The summed E-state index contributed by atoms with van der Waals surface area (Å²) in [5.41, 5.74) is 0.454. The lowest BCUT2D eigenvalue weighted by atomic mass is 9.92. The van der Waals surface area contributed by atoms with Gasteiger partial charge >= 0.3 is 0 Å². The van der Waals surface area contributed by atoms with E-state index in [0.29, 0.717) is 5.56 Å². The minimum Gasteiger partial charge on any atom is -0.507 e. The van der Waals surface area contributed by atoms with E-state index in [4.69, 9.17) is 4.74 Å². The van der Waals surface area contributed by atoms with Gasteiger partial charge in [0.2, 0.25) is 0 Å². The first kappa shape index (κ1) is 14.2. The number of nitrogens with zero attached hydrogens (tertiary/aromatic N) is 1. The summed E-state index contributed by atoms with van der Waals surface area (Å²) < 4.78 is 5.59. The molecule has 4 nitrogen and oxygen atoms in total. The number of benzene rings is 1. The number of likely N-dealkylation sites (tertiary alicyclic amines) is 1. The van der Waals surface area contributed by atoms with Crippen LogP contribution in [0.25, 0.3) is 0 Å². The Labute approximate surface area is 114 Å². The van der Waals surface area contributed by atoms with Gasteiger partial charge in [0.25, 0.3) is 0 Å². The van der Waals surface area contributed by atoms with Gasteiger partial charge in [0.05, 0.1) is 11.2 Å². The number of piperidine rings is 1. The lowest BCUT2D eigenvalue weighted by molar-refractivity contribution is -0.0603. The number of phenolic OH excluding ortho intramolecular Hbond substituents is 2. The van der Waals surface area contributed by atoms with Gasteiger partial charge in [-0.05, 0) is 45.4 Å². The van der Waals surface area contributed by atoms with Crippen LogP contribution < -0.4 is 0 Å². The van der Waals surface area contributed by atoms with Crippen molar-refractivity contribution in [2.45, 2.75) is 38.3 Å². The van der Waals surface area contributed by atoms with E-state index >= 15 is 0 Å². The summed E-state index contributed by atoms with van der Waals surface area (Å²) in [5.74, 6) is 0.300. The molecule has 106 valence electrons. The largest absolute Gasteiger partial charge is 0.507 e. The summed E-state index contributed by atoms with van der Waals surface area (Å²) in [6.07, 6.45) is 2.10. The molecule has 2 rings (SSSR count). The average Bonchev–Trinajstić information content (AvgIpc) is 2.38. The van der Waals surface area contributed by atoms with E-state index < -0.39 is 0 Å². The standard InChI is InChI=1S/C15H23NO3/c1-11(14-12(17)6-4-7-13(14)18)16-9-5-8-15(2,10-16)19-3/h4,6-7,11,17-18H,5,8-10H2,1-3H3. The lowest BCUT2D eigenvalue weighted by Gasteiger charge is -2.42. The molecular formula is C15H23NO3. The molecule has 0 spiro atoms. The Morgan fingerprint density at radius 2 is 1.95 bits per heavy atom. The van der Waals surface area contributed by atoms with Crippen molar-refractivity contribution >= 4 is 0 Å². The molecule has 0 amide bonds. The van der Waals surface area contributed by atoms with Crippen molar-refractivity contribution in [3.8, 4) is 11.5 Å². The number of hydrogen-bond acceptors (Lipinski definition) is 4. The van der Waals surface area contributed by atoms with Crippen LogP contribution in [0.2, 0.25) is 0 Å². The van der Waals surface area contributed by atoms with Crippen LogP contribution >= 0.6 is 0 Å². The van der Waals surface area contributed by atoms with Gasteiger partial charge in [0.1, 0.15) is 11.5 Å². The molecule has 0 saturated carbocycles. The number of hydrogen-bond donors (Lipinski definition) is 2. The quantitative estimate of drug-likeness (QED) is 0.882. The third-order valence-corrected chi connectivity index (χ3v) is 4.21. The molecule has 2 atom stereocenters. The van der Waals surface area contributed by atoms with Crippen molar-refractivity contribution in [3.05, 3.63) is 23.8 Å². The predicted octanol–water partition coefficient (Wildman–Crippen LogP) is 2.66. The average molecular weight is 265 g/mol. The Morgan fingerprint density at radius 1 is 1.32 bits per heavy atom. The molecule has 2 unspecified atom stereocenters. The molecule has 1 aliphatic heterocycles. The lowest BCUT2D eigenvalue weighted by Crippen LogP contribution is -2.48. The van der Waals surface area contributed by atoms with Gasteiger partial charge in [-0.25, -0.2) is 0 Å². The van der Waals surface area contributed by atoms with Gasteiger partial charge in [-0.1, -0.05) is 6.07 Å². The Morgan fingerprint density at radius 3 is 2.53 bits per heavy atom. The molecule has 0 radical (unpaired) electrons. The highest BCUT2D eigenvalue weighted by molar-refractivity contribution is 5.45. The fourth-order valence-electron chi connectivity index (χ4n) is 2.89. The second-order valence-electron chi connectivity index (χ2n) is 5.61. The van der Waals surface area contributed by atoms with Gasteiger partial charge in [0.15, 0.2) is 0 Å². The smallest absolute Gasteiger partial charge is 0.124 e. The van der Waals surface area contributed by atoms with Crippen LogP contribution in [0.4, 0.5) is 0 Å². The molecule has 1 aromatic carbocycles. The predicted molar refractivity (Wildman–Crippen MR) is 74.4 cm³/mol. The summed E-state index contributed by atoms with van der Waals surface area (Å²) >= 11 is 0. The van der Waals surface area contributed by atoms with Crippen molar-refractivity contribution < 1.29 is 14.9 Å². The van der Waals surface area contributed by atoms with Crippen molar-refractivity contribution in [2.24, 2.45) is 0 Å². The van der Waals surface area contributed by atoms with E-state index in [-0.39, 0.29) is 23.1 Å². The van der Waals surface area contributed by atoms with Crippen molar-refractivity contribution in [1.29, 1.82) is 0 Å². The van der Waals surface area contributed by atoms with Crippen LogP contribution in [-0.2, 0) is 4.74 Å². The molecule has 0 aliphatic carbocycles. The number of methoxy groups -OCH3 is 1. The van der Waals surface area contributed by atoms with Crippen LogP contribution in [0.3, 0.4) is 0 Å². The zero-order valence-electron chi connectivity index (χ0n) is 11.9. The molecule has 4 heteroatoms. The molecule has 1 aromatic rings. The summed E-state index contributed by atoms with van der Waals surface area (Å²) in [6.45, 7) is 5.87. The molecule has 19 heavy (non-hydrogen) atoms. The Kier molecular flexibility index (Phi) is 4.02. The maximum atomic E-state index is 9.96. The number of aromatic hydroxyl groups is 2. The number of rotatable bonds is 3. The molecule has 1 fully saturated rings. The first-order valence-corrected chi connectivity index (χ1v) is 6.77. The molecule has 0 bridgehead atoms. The summed E-state index contributed by atoms with van der Waals surface area (Å²) in [5, 5.41) is 19.9. The fraction of sp³-hybridized carbons (Fsp3) is 0.600. The summed E-state index contributed by atoms with van der Waals surface area (Å²) in [4.78, 5) is 2.25. The maximum absolute atomic E-state index is 9.96. The van der Waals surface area contributed by atoms with Crippen molar-refractivity contribution in [1.82, 2.24) is 4.90 Å². The zero-order valence-corrected chi connectivity index (χ0v) is 11.9. The Hall–Kier alpha value is -1.26. The van der Waals surface area contributed by atoms with E-state index in [2.05, 4.69) is 11.8 Å². The van der Waals surface area contributed by atoms with E-state index in [1.165, 1.54) is 0 Å². The number of ether oxygens (including phenoxy) is 1. The highest BCUT2D eigenvalue weighted by atomic mass is 16.5. The third kappa shape index (κ3) is 2.85. The zero-order chi connectivity index (χ0) is 14.0. The first-order valence-electron chi connectivity index (χ1n) is 6.77. The maximum Gasteiger partial charge on any atom is 0.124 e. The van der Waals surface area contributed by atoms with Crippen LogP contribution in [0.15, 0.2) is 18.2 Å². The van der Waals surface area contributed by atoms with Gasteiger partial charge in [0, 0.05) is 19.7 Å². The third-order valence-electron chi connectivity index (χ3n) is 4.21. The topological polar surface area (TPSA) is 52.9 Å². The van der Waals surface area contributed by atoms with Crippen LogP contribution in [0, 0.1) is 0 Å². The summed E-state index contributed by atoms with van der Waals surface area (Å²) in [7, 11) is 1.74. The van der Waals surface area contributed by atoms with Crippen molar-refractivity contribution in [2.75, 3.05) is 20.2 Å². The molecular weight excluding hydrogens is 242 g/mol. The van der Waals surface area contributed by atoms with Gasteiger partial charge in [-0.15, -0.1) is 0 Å². The normalized spacial score (nSPS) is 26.3. The van der Waals surface area contributed by atoms with Gasteiger partial charge in [-0.3, -0.25) is 4.90 Å². The highest BCUT2D eigenvalue weighted by Crippen LogP contribution is 2.38. The molecule has 1 heterocycles. The van der Waals surface area contributed by atoms with E-state index in [1.54, 1.807) is 25.3 Å². The van der Waals surface area contributed by atoms with Crippen molar-refractivity contribution in [3.63, 3.8) is 0 Å². The van der Waals surface area contributed by atoms with Gasteiger partial charge < -0.3 is 14.9 Å². The first-order chi connectivity index (χ1) is 8.97. The number of phenols is 2. The van der Waals surface area contributed by atoms with E-state index in [9.17, 15) is 10.2 Å². The molecule has 0 aromatic heterocycles. The van der Waals surface area contributed by atoms with Crippen LogP contribution in [0.5, 0.6) is 11.5 Å². The van der Waals surface area contributed by atoms with E-state index in [1.807, 2.05) is 6.92 Å². The monoisotopic (exact) mass is 265 g/mol. The minimum atomic E-state index is -0.146.